The first-order valence-corrected chi connectivity index (χ1v) is 6.35. The van der Waals surface area contributed by atoms with Gasteiger partial charge in [-0.05, 0) is 19.1 Å². The zero-order chi connectivity index (χ0) is 14.0. The predicted molar refractivity (Wildman–Crippen MR) is 75.4 cm³/mol. The Kier molecular flexibility index (Phi) is 4.02. The third-order valence-electron chi connectivity index (χ3n) is 3.16. The standard InChI is InChI=1S/C14H15ClN2O2/c1-9(8-18)17(2)14(19)11-7-13(15)16-12-6-4-3-5-10(11)12/h3-7,9,18H,8H2,1-2H3. The van der Waals surface area contributed by atoms with Crippen molar-refractivity contribution in [2.75, 3.05) is 13.7 Å². The van der Waals surface area contributed by atoms with Gasteiger partial charge in [0.2, 0.25) is 0 Å². The molecule has 4 nitrogen and oxygen atoms in total. The van der Waals surface area contributed by atoms with Crippen molar-refractivity contribution in [1.29, 1.82) is 0 Å². The highest BCUT2D eigenvalue weighted by molar-refractivity contribution is 6.30. The summed E-state index contributed by atoms with van der Waals surface area (Å²) in [5.74, 6) is -0.179. The Labute approximate surface area is 116 Å². The van der Waals surface area contributed by atoms with Crippen LogP contribution in [0, 0.1) is 0 Å². The van der Waals surface area contributed by atoms with Crippen LogP contribution in [0.2, 0.25) is 5.15 Å². The van der Waals surface area contributed by atoms with Crippen molar-refractivity contribution in [3.05, 3.63) is 41.0 Å². The molecule has 1 unspecified atom stereocenters. The molecule has 0 fully saturated rings. The Morgan fingerprint density at radius 2 is 2.16 bits per heavy atom. The number of amides is 1. The number of aliphatic hydroxyl groups is 1. The van der Waals surface area contributed by atoms with Gasteiger partial charge in [-0.2, -0.15) is 0 Å². The summed E-state index contributed by atoms with van der Waals surface area (Å²) in [6, 6.07) is 8.66. The lowest BCUT2D eigenvalue weighted by Crippen LogP contribution is -2.37. The first-order valence-electron chi connectivity index (χ1n) is 5.98. The quantitative estimate of drug-likeness (QED) is 0.877. The van der Waals surface area contributed by atoms with E-state index >= 15 is 0 Å². The Morgan fingerprint density at radius 3 is 2.84 bits per heavy atom. The maximum atomic E-state index is 12.4. The molecule has 1 atom stereocenters. The topological polar surface area (TPSA) is 53.4 Å². The molecular weight excluding hydrogens is 264 g/mol. The number of para-hydroxylation sites is 1. The molecule has 1 aromatic heterocycles. The zero-order valence-electron chi connectivity index (χ0n) is 10.8. The lowest BCUT2D eigenvalue weighted by Gasteiger charge is -2.23. The number of aromatic nitrogens is 1. The molecule has 1 N–H and O–H groups in total. The van der Waals surface area contributed by atoms with Gasteiger partial charge in [0.15, 0.2) is 0 Å². The number of pyridine rings is 1. The summed E-state index contributed by atoms with van der Waals surface area (Å²) < 4.78 is 0. The number of likely N-dealkylation sites (N-methyl/N-ethyl adjacent to an activating group) is 1. The van der Waals surface area contributed by atoms with Gasteiger partial charge in [-0.15, -0.1) is 0 Å². The van der Waals surface area contributed by atoms with Crippen LogP contribution in [-0.4, -0.2) is 40.6 Å². The van der Waals surface area contributed by atoms with Gasteiger partial charge in [0.05, 0.1) is 23.7 Å². The molecule has 0 saturated heterocycles. The smallest absolute Gasteiger partial charge is 0.254 e. The van der Waals surface area contributed by atoms with E-state index in [1.165, 1.54) is 4.90 Å². The van der Waals surface area contributed by atoms with E-state index in [0.717, 1.165) is 5.39 Å². The third-order valence-corrected chi connectivity index (χ3v) is 3.35. The highest BCUT2D eigenvalue weighted by Gasteiger charge is 2.19. The van der Waals surface area contributed by atoms with Gasteiger partial charge in [0.25, 0.3) is 5.91 Å². The van der Waals surface area contributed by atoms with Gasteiger partial charge < -0.3 is 10.0 Å². The molecule has 0 aliphatic carbocycles. The van der Waals surface area contributed by atoms with Crippen LogP contribution in [-0.2, 0) is 0 Å². The Balaban J connectivity index is 2.53. The zero-order valence-corrected chi connectivity index (χ0v) is 11.6. The lowest BCUT2D eigenvalue weighted by atomic mass is 10.1. The molecule has 0 saturated carbocycles. The molecule has 1 heterocycles. The van der Waals surface area contributed by atoms with E-state index in [0.29, 0.717) is 11.1 Å². The van der Waals surface area contributed by atoms with Crippen LogP contribution in [0.1, 0.15) is 17.3 Å². The summed E-state index contributed by atoms with van der Waals surface area (Å²) in [7, 11) is 1.66. The second kappa shape index (κ2) is 5.55. The normalized spacial score (nSPS) is 12.4. The monoisotopic (exact) mass is 278 g/mol. The van der Waals surface area contributed by atoms with Crippen LogP contribution in [0.25, 0.3) is 10.9 Å². The minimum absolute atomic E-state index is 0.0843. The van der Waals surface area contributed by atoms with Crippen molar-refractivity contribution in [2.45, 2.75) is 13.0 Å². The molecule has 5 heteroatoms. The average Bonchev–Trinajstić information content (AvgIpc) is 2.43. The molecule has 0 radical (unpaired) electrons. The van der Waals surface area contributed by atoms with Crippen LogP contribution in [0.15, 0.2) is 30.3 Å². The van der Waals surface area contributed by atoms with Crippen LogP contribution in [0.3, 0.4) is 0 Å². The SMILES string of the molecule is CC(CO)N(C)C(=O)c1cc(Cl)nc2ccccc12. The number of carbonyl (C=O) groups is 1. The van der Waals surface area contributed by atoms with Crippen LogP contribution in [0.5, 0.6) is 0 Å². The van der Waals surface area contributed by atoms with Gasteiger partial charge >= 0.3 is 0 Å². The van der Waals surface area contributed by atoms with E-state index < -0.39 is 0 Å². The Morgan fingerprint density at radius 1 is 1.47 bits per heavy atom. The van der Waals surface area contributed by atoms with Crippen molar-refractivity contribution < 1.29 is 9.90 Å². The summed E-state index contributed by atoms with van der Waals surface area (Å²) in [5.41, 5.74) is 1.18. The number of benzene rings is 1. The van der Waals surface area contributed by atoms with Gasteiger partial charge in [-0.3, -0.25) is 4.79 Å². The number of hydrogen-bond donors (Lipinski definition) is 1. The first-order chi connectivity index (χ1) is 9.04. The minimum Gasteiger partial charge on any atom is -0.394 e. The van der Waals surface area contributed by atoms with E-state index in [1.807, 2.05) is 24.3 Å². The number of fused-ring (bicyclic) bond motifs is 1. The molecule has 19 heavy (non-hydrogen) atoms. The van der Waals surface area contributed by atoms with E-state index in [1.54, 1.807) is 20.0 Å². The molecule has 100 valence electrons. The number of halogens is 1. The van der Waals surface area contributed by atoms with Crippen LogP contribution in [0.4, 0.5) is 0 Å². The van der Waals surface area contributed by atoms with Gasteiger partial charge in [0.1, 0.15) is 5.15 Å². The molecule has 0 spiro atoms. The maximum Gasteiger partial charge on any atom is 0.254 e. The van der Waals surface area contributed by atoms with E-state index in [2.05, 4.69) is 4.98 Å². The van der Waals surface area contributed by atoms with Gasteiger partial charge in [0, 0.05) is 12.4 Å². The average molecular weight is 279 g/mol. The second-order valence-electron chi connectivity index (χ2n) is 4.46. The van der Waals surface area contributed by atoms with Crippen molar-refractivity contribution >= 4 is 28.4 Å². The summed E-state index contributed by atoms with van der Waals surface area (Å²) in [6.07, 6.45) is 0. The summed E-state index contributed by atoms with van der Waals surface area (Å²) >= 11 is 5.95. The van der Waals surface area contributed by atoms with Crippen molar-refractivity contribution in [1.82, 2.24) is 9.88 Å². The third kappa shape index (κ3) is 2.69. The Bertz CT molecular complexity index is 615. The van der Waals surface area contributed by atoms with Crippen LogP contribution < -0.4 is 0 Å². The first kappa shape index (κ1) is 13.8. The lowest BCUT2D eigenvalue weighted by molar-refractivity contribution is 0.0684. The van der Waals surface area contributed by atoms with E-state index in [4.69, 9.17) is 16.7 Å². The molecule has 2 aromatic rings. The molecule has 0 aliphatic heterocycles. The fraction of sp³-hybridized carbons (Fsp3) is 0.286. The maximum absolute atomic E-state index is 12.4. The summed E-state index contributed by atoms with van der Waals surface area (Å²) in [5, 5.41) is 10.2. The van der Waals surface area contributed by atoms with Crippen molar-refractivity contribution in [2.24, 2.45) is 0 Å². The number of nitrogens with zero attached hydrogens (tertiary/aromatic N) is 2. The number of aliphatic hydroxyl groups excluding tert-OH is 1. The summed E-state index contributed by atoms with van der Waals surface area (Å²) in [6.45, 7) is 1.70. The van der Waals surface area contributed by atoms with Crippen molar-refractivity contribution in [3.63, 3.8) is 0 Å². The number of carbonyl (C=O) groups excluding carboxylic acids is 1. The fourth-order valence-corrected chi connectivity index (χ4v) is 2.03. The molecule has 0 aliphatic rings. The van der Waals surface area contributed by atoms with E-state index in [-0.39, 0.29) is 23.7 Å². The molecule has 1 amide bonds. The molecule has 0 bridgehead atoms. The van der Waals surface area contributed by atoms with E-state index in [9.17, 15) is 4.79 Å². The minimum atomic E-state index is -0.252. The van der Waals surface area contributed by atoms with Gasteiger partial charge in [-0.25, -0.2) is 4.98 Å². The highest BCUT2D eigenvalue weighted by Crippen LogP contribution is 2.22. The number of rotatable bonds is 3. The molecular formula is C14H15ClN2O2. The highest BCUT2D eigenvalue weighted by atomic mass is 35.5. The molecule has 1 aromatic carbocycles. The fourth-order valence-electron chi connectivity index (χ4n) is 1.83. The largest absolute Gasteiger partial charge is 0.394 e. The Hall–Kier alpha value is -1.65. The van der Waals surface area contributed by atoms with Gasteiger partial charge in [-0.1, -0.05) is 29.8 Å². The van der Waals surface area contributed by atoms with Crippen LogP contribution >= 0.6 is 11.6 Å². The summed E-state index contributed by atoms with van der Waals surface area (Å²) in [4.78, 5) is 18.1. The molecule has 2 rings (SSSR count). The second-order valence-corrected chi connectivity index (χ2v) is 4.84. The number of hydrogen-bond acceptors (Lipinski definition) is 3. The predicted octanol–water partition coefficient (Wildman–Crippen LogP) is 2.34. The van der Waals surface area contributed by atoms with Crippen molar-refractivity contribution in [3.8, 4) is 0 Å².